The molecule has 11 aromatic rings. The lowest BCUT2D eigenvalue weighted by Gasteiger charge is -2.28. The number of rotatable bonds is 6. The van der Waals surface area contributed by atoms with Crippen LogP contribution in [0.3, 0.4) is 0 Å². The van der Waals surface area contributed by atoms with Crippen LogP contribution in [0.5, 0.6) is 0 Å². The summed E-state index contributed by atoms with van der Waals surface area (Å²) in [4.78, 5) is 15.8. The van der Waals surface area contributed by atoms with E-state index in [-0.39, 0.29) is 11.0 Å². The van der Waals surface area contributed by atoms with Crippen LogP contribution < -0.4 is 10.5 Å². The molecular formula is C58H40N2O2. The number of anilines is 3. The summed E-state index contributed by atoms with van der Waals surface area (Å²) in [6, 6.07) is 73.2. The summed E-state index contributed by atoms with van der Waals surface area (Å²) in [5.41, 5.74) is 16.4. The maximum absolute atomic E-state index is 13.4. The molecule has 2 heterocycles. The van der Waals surface area contributed by atoms with Gasteiger partial charge in [0.15, 0.2) is 0 Å². The Kier molecular flexibility index (Phi) is 8.00. The molecule has 0 bridgehead atoms. The zero-order chi connectivity index (χ0) is 41.5. The number of hydrogen-bond donors (Lipinski definition) is 0. The van der Waals surface area contributed by atoms with Gasteiger partial charge in [0, 0.05) is 49.7 Å². The van der Waals surface area contributed by atoms with Crippen molar-refractivity contribution in [3.05, 3.63) is 228 Å². The van der Waals surface area contributed by atoms with Gasteiger partial charge in [0.05, 0.1) is 16.4 Å². The van der Waals surface area contributed by atoms with E-state index < -0.39 is 0 Å². The summed E-state index contributed by atoms with van der Waals surface area (Å²) < 4.78 is 8.05. The van der Waals surface area contributed by atoms with Crippen LogP contribution in [0.1, 0.15) is 25.0 Å². The minimum Gasteiger partial charge on any atom is -0.422 e. The van der Waals surface area contributed by atoms with Gasteiger partial charge in [0.2, 0.25) is 0 Å². The monoisotopic (exact) mass is 796 g/mol. The van der Waals surface area contributed by atoms with Gasteiger partial charge in [-0.25, -0.2) is 4.79 Å². The summed E-state index contributed by atoms with van der Waals surface area (Å²) in [5, 5.41) is 4.58. The predicted octanol–water partition coefficient (Wildman–Crippen LogP) is 15.2. The first-order valence-corrected chi connectivity index (χ1v) is 21.2. The van der Waals surface area contributed by atoms with Crippen molar-refractivity contribution in [1.29, 1.82) is 0 Å². The maximum atomic E-state index is 13.4. The number of hydrogen-bond acceptors (Lipinski definition) is 3. The summed E-state index contributed by atoms with van der Waals surface area (Å²) in [6.45, 7) is 4.68. The standard InChI is InChI=1S/C58H40N2O2/c1-58(2)52-19-11-9-17-45(52)46-31-30-44(34-53(46)58)59(42-26-21-38(22-27-42)37-13-5-3-6-14-37)43-28-23-39(24-29-43)40-25-32-54-49(33-40)50-35-48-47-18-10-12-20-56(47)62-57(61)51(48)36-55(50)60(54)41-15-7-4-8-16-41/h3-36H,1-2H3. The highest BCUT2D eigenvalue weighted by Gasteiger charge is 2.35. The smallest absolute Gasteiger partial charge is 0.344 e. The van der Waals surface area contributed by atoms with Crippen LogP contribution in [0, 0.1) is 0 Å². The molecule has 0 radical (unpaired) electrons. The normalized spacial score (nSPS) is 12.9. The second-order valence-corrected chi connectivity index (χ2v) is 16.9. The van der Waals surface area contributed by atoms with Gasteiger partial charge >= 0.3 is 5.63 Å². The van der Waals surface area contributed by atoms with E-state index in [1.807, 2.05) is 36.4 Å². The first kappa shape index (κ1) is 35.9. The molecule has 0 atom stereocenters. The lowest BCUT2D eigenvalue weighted by molar-refractivity contribution is 0.570. The third-order valence-electron chi connectivity index (χ3n) is 13.0. The van der Waals surface area contributed by atoms with E-state index in [2.05, 4.69) is 193 Å². The Morgan fingerprint density at radius 3 is 1.76 bits per heavy atom. The Morgan fingerprint density at radius 1 is 0.419 bits per heavy atom. The van der Waals surface area contributed by atoms with Crippen molar-refractivity contribution < 1.29 is 4.42 Å². The van der Waals surface area contributed by atoms with Crippen LogP contribution >= 0.6 is 0 Å². The van der Waals surface area contributed by atoms with Crippen molar-refractivity contribution in [3.8, 4) is 39.1 Å². The minimum atomic E-state index is -0.332. The Bertz CT molecular complexity index is 3600. The Labute approximate surface area is 359 Å². The van der Waals surface area contributed by atoms with Crippen molar-refractivity contribution in [3.63, 3.8) is 0 Å². The van der Waals surface area contributed by atoms with Crippen molar-refractivity contribution in [1.82, 2.24) is 4.57 Å². The highest BCUT2D eigenvalue weighted by Crippen LogP contribution is 2.51. The highest BCUT2D eigenvalue weighted by molar-refractivity contribution is 6.18. The van der Waals surface area contributed by atoms with E-state index in [9.17, 15) is 4.79 Å². The molecule has 12 rings (SSSR count). The third-order valence-corrected chi connectivity index (χ3v) is 13.0. The molecular weight excluding hydrogens is 757 g/mol. The van der Waals surface area contributed by atoms with Crippen LogP contribution in [0.25, 0.3) is 82.6 Å². The molecule has 0 saturated carbocycles. The van der Waals surface area contributed by atoms with E-state index in [1.54, 1.807) is 0 Å². The molecule has 9 aromatic carbocycles. The van der Waals surface area contributed by atoms with Crippen molar-refractivity contribution in [2.75, 3.05) is 4.90 Å². The quantitative estimate of drug-likeness (QED) is 0.124. The van der Waals surface area contributed by atoms with Gasteiger partial charge in [0.1, 0.15) is 5.58 Å². The molecule has 62 heavy (non-hydrogen) atoms. The molecule has 4 heteroatoms. The lowest BCUT2D eigenvalue weighted by atomic mass is 9.82. The Balaban J connectivity index is 0.995. The van der Waals surface area contributed by atoms with Gasteiger partial charge in [-0.3, -0.25) is 0 Å². The lowest BCUT2D eigenvalue weighted by Crippen LogP contribution is -2.16. The second kappa shape index (κ2) is 13.8. The first-order valence-electron chi connectivity index (χ1n) is 21.2. The van der Waals surface area contributed by atoms with Gasteiger partial charge in [0.25, 0.3) is 0 Å². The number of fused-ring (bicyclic) bond motifs is 9. The number of nitrogens with zero attached hydrogens (tertiary/aromatic N) is 2. The molecule has 294 valence electrons. The summed E-state index contributed by atoms with van der Waals surface area (Å²) in [5.74, 6) is 0. The zero-order valence-electron chi connectivity index (χ0n) is 34.3. The molecule has 0 N–H and O–H groups in total. The summed E-state index contributed by atoms with van der Waals surface area (Å²) in [7, 11) is 0. The average molecular weight is 797 g/mol. The number of benzene rings is 9. The van der Waals surface area contributed by atoms with Crippen LogP contribution in [-0.4, -0.2) is 4.57 Å². The van der Waals surface area contributed by atoms with E-state index in [1.165, 1.54) is 33.4 Å². The van der Waals surface area contributed by atoms with Gasteiger partial charge in [-0.05, 0) is 123 Å². The zero-order valence-corrected chi connectivity index (χ0v) is 34.3. The molecule has 0 saturated heterocycles. The molecule has 1 aliphatic rings. The fraction of sp³-hybridized carbons (Fsp3) is 0.0517. The van der Waals surface area contributed by atoms with E-state index >= 15 is 0 Å². The molecule has 0 fully saturated rings. The first-order chi connectivity index (χ1) is 30.4. The van der Waals surface area contributed by atoms with Crippen molar-refractivity contribution in [2.24, 2.45) is 0 Å². The van der Waals surface area contributed by atoms with Crippen LogP contribution in [0.4, 0.5) is 17.1 Å². The molecule has 4 nitrogen and oxygen atoms in total. The molecule has 1 aliphatic carbocycles. The van der Waals surface area contributed by atoms with Crippen LogP contribution in [0.2, 0.25) is 0 Å². The van der Waals surface area contributed by atoms with Crippen molar-refractivity contribution >= 4 is 60.6 Å². The summed E-state index contributed by atoms with van der Waals surface area (Å²) >= 11 is 0. The number of aromatic nitrogens is 1. The molecule has 0 aliphatic heterocycles. The van der Waals surface area contributed by atoms with Gasteiger partial charge < -0.3 is 13.9 Å². The maximum Gasteiger partial charge on any atom is 0.344 e. The Hall–Kier alpha value is -7.95. The fourth-order valence-electron chi connectivity index (χ4n) is 9.94. The van der Waals surface area contributed by atoms with E-state index in [0.717, 1.165) is 66.5 Å². The molecule has 0 unspecified atom stereocenters. The minimum absolute atomic E-state index is 0.122. The van der Waals surface area contributed by atoms with Gasteiger partial charge in [-0.15, -0.1) is 0 Å². The fourth-order valence-corrected chi connectivity index (χ4v) is 9.94. The van der Waals surface area contributed by atoms with Crippen LogP contribution in [-0.2, 0) is 5.41 Å². The molecule has 0 spiro atoms. The topological polar surface area (TPSA) is 38.4 Å². The Morgan fingerprint density at radius 2 is 1.00 bits per heavy atom. The third kappa shape index (κ3) is 5.57. The molecule has 2 aromatic heterocycles. The number of para-hydroxylation sites is 2. The summed E-state index contributed by atoms with van der Waals surface area (Å²) in [6.07, 6.45) is 0. The molecule has 0 amide bonds. The second-order valence-electron chi connectivity index (χ2n) is 16.9. The predicted molar refractivity (Wildman–Crippen MR) is 257 cm³/mol. The van der Waals surface area contributed by atoms with Gasteiger partial charge in [-0.2, -0.15) is 0 Å². The van der Waals surface area contributed by atoms with Crippen molar-refractivity contribution in [2.45, 2.75) is 19.3 Å². The van der Waals surface area contributed by atoms with E-state index in [0.29, 0.717) is 11.0 Å². The average Bonchev–Trinajstić information content (AvgIpc) is 3.76. The highest BCUT2D eigenvalue weighted by atomic mass is 16.4. The van der Waals surface area contributed by atoms with Gasteiger partial charge in [-0.1, -0.05) is 141 Å². The SMILES string of the molecule is CC1(C)c2ccccc2-c2ccc(N(c3ccc(-c4ccccc4)cc3)c3ccc(-c4ccc5c(c4)c4cc6c(cc4n5-c4ccccc4)c(=O)oc4ccccc46)cc3)cc21. The van der Waals surface area contributed by atoms with Crippen LogP contribution in [0.15, 0.2) is 215 Å². The van der Waals surface area contributed by atoms with E-state index in [4.69, 9.17) is 4.42 Å². The largest absolute Gasteiger partial charge is 0.422 e.